The standard InChI is InChI=1S/C16H15BrN2O2S/c1-11-2-4-12(5-3-11)16(21)19-18-15(20)10-22-14-8-6-13(17)7-9-14/h2-9H,10H2,1H3,(H,18,20)(H,19,21). The fraction of sp³-hybridized carbons (Fsp3) is 0.125. The minimum atomic E-state index is -0.331. The number of carbonyl (C=O) groups is 2. The Kier molecular flexibility index (Phi) is 6.03. The van der Waals surface area contributed by atoms with Crippen LogP contribution >= 0.6 is 27.7 Å². The summed E-state index contributed by atoms with van der Waals surface area (Å²) in [7, 11) is 0. The van der Waals surface area contributed by atoms with E-state index in [1.54, 1.807) is 12.1 Å². The normalized spacial score (nSPS) is 10.1. The van der Waals surface area contributed by atoms with Crippen molar-refractivity contribution in [2.45, 2.75) is 11.8 Å². The van der Waals surface area contributed by atoms with Crippen LogP contribution in [0, 0.1) is 6.92 Å². The van der Waals surface area contributed by atoms with E-state index in [1.807, 2.05) is 43.3 Å². The van der Waals surface area contributed by atoms with Crippen molar-refractivity contribution in [3.05, 3.63) is 64.1 Å². The second-order valence-corrected chi connectivity index (χ2v) is 6.58. The molecular formula is C16H15BrN2O2S. The molecule has 0 aliphatic heterocycles. The molecule has 0 saturated carbocycles. The minimum absolute atomic E-state index is 0.232. The Morgan fingerprint density at radius 2 is 1.64 bits per heavy atom. The molecule has 0 atom stereocenters. The van der Waals surface area contributed by atoms with E-state index in [4.69, 9.17) is 0 Å². The van der Waals surface area contributed by atoms with Gasteiger partial charge in [-0.2, -0.15) is 0 Å². The number of hydrogen-bond acceptors (Lipinski definition) is 3. The lowest BCUT2D eigenvalue weighted by molar-refractivity contribution is -0.119. The average Bonchev–Trinajstić information content (AvgIpc) is 2.52. The zero-order valence-electron chi connectivity index (χ0n) is 11.9. The van der Waals surface area contributed by atoms with Crippen LogP contribution in [-0.4, -0.2) is 17.6 Å². The van der Waals surface area contributed by atoms with Gasteiger partial charge in [0.25, 0.3) is 5.91 Å². The first kappa shape index (κ1) is 16.6. The lowest BCUT2D eigenvalue weighted by Crippen LogP contribution is -2.42. The van der Waals surface area contributed by atoms with E-state index < -0.39 is 0 Å². The highest BCUT2D eigenvalue weighted by Crippen LogP contribution is 2.20. The summed E-state index contributed by atoms with van der Waals surface area (Å²) in [6.07, 6.45) is 0. The summed E-state index contributed by atoms with van der Waals surface area (Å²) in [6.45, 7) is 1.95. The Bertz CT molecular complexity index is 657. The summed E-state index contributed by atoms with van der Waals surface area (Å²) in [5, 5.41) is 0. The van der Waals surface area contributed by atoms with Crippen molar-refractivity contribution in [1.82, 2.24) is 10.9 Å². The first-order chi connectivity index (χ1) is 10.5. The zero-order valence-corrected chi connectivity index (χ0v) is 14.3. The highest BCUT2D eigenvalue weighted by atomic mass is 79.9. The number of hydrogen-bond donors (Lipinski definition) is 2. The van der Waals surface area contributed by atoms with Crippen LogP contribution in [0.1, 0.15) is 15.9 Å². The van der Waals surface area contributed by atoms with Gasteiger partial charge in [-0.05, 0) is 43.3 Å². The molecule has 0 aliphatic rings. The Morgan fingerprint density at radius 3 is 2.27 bits per heavy atom. The van der Waals surface area contributed by atoms with Gasteiger partial charge in [-0.25, -0.2) is 0 Å². The quantitative estimate of drug-likeness (QED) is 0.633. The third kappa shape index (κ3) is 5.20. The molecule has 0 radical (unpaired) electrons. The van der Waals surface area contributed by atoms with Crippen LogP contribution in [0.2, 0.25) is 0 Å². The molecule has 0 spiro atoms. The zero-order chi connectivity index (χ0) is 15.9. The van der Waals surface area contributed by atoms with Gasteiger partial charge in [-0.1, -0.05) is 33.6 Å². The van der Waals surface area contributed by atoms with Gasteiger partial charge in [-0.15, -0.1) is 11.8 Å². The fourth-order valence-corrected chi connectivity index (χ4v) is 2.58. The molecule has 2 aromatic carbocycles. The van der Waals surface area contributed by atoms with E-state index in [2.05, 4.69) is 26.8 Å². The molecule has 6 heteroatoms. The monoisotopic (exact) mass is 378 g/mol. The Morgan fingerprint density at radius 1 is 1.00 bits per heavy atom. The Hall–Kier alpha value is -1.79. The van der Waals surface area contributed by atoms with Gasteiger partial charge in [0.1, 0.15) is 0 Å². The summed E-state index contributed by atoms with van der Waals surface area (Å²) in [5.41, 5.74) is 6.39. The number of rotatable bonds is 4. The third-order valence-electron chi connectivity index (χ3n) is 2.81. The molecule has 0 unspecified atom stereocenters. The van der Waals surface area contributed by atoms with E-state index in [1.165, 1.54) is 11.8 Å². The maximum absolute atomic E-state index is 11.8. The number of benzene rings is 2. The molecule has 0 aromatic heterocycles. The fourth-order valence-electron chi connectivity index (χ4n) is 1.62. The largest absolute Gasteiger partial charge is 0.272 e. The molecule has 22 heavy (non-hydrogen) atoms. The molecule has 0 aliphatic carbocycles. The molecule has 0 fully saturated rings. The van der Waals surface area contributed by atoms with Gasteiger partial charge in [-0.3, -0.25) is 20.4 Å². The van der Waals surface area contributed by atoms with Crippen LogP contribution in [0.5, 0.6) is 0 Å². The van der Waals surface area contributed by atoms with Crippen molar-refractivity contribution in [3.63, 3.8) is 0 Å². The van der Waals surface area contributed by atoms with Gasteiger partial charge in [0.2, 0.25) is 5.91 Å². The van der Waals surface area contributed by atoms with Gasteiger partial charge < -0.3 is 0 Å². The number of hydrazine groups is 1. The Labute approximate surface area is 141 Å². The maximum Gasteiger partial charge on any atom is 0.269 e. The molecule has 4 nitrogen and oxygen atoms in total. The summed E-state index contributed by atoms with van der Waals surface area (Å²) in [6, 6.07) is 14.8. The molecule has 0 saturated heterocycles. The molecule has 2 rings (SSSR count). The predicted octanol–water partition coefficient (Wildman–Crippen LogP) is 3.31. The summed E-state index contributed by atoms with van der Waals surface area (Å²) in [4.78, 5) is 24.5. The number of halogens is 1. The van der Waals surface area contributed by atoms with Crippen LogP contribution in [0.3, 0.4) is 0 Å². The Balaban J connectivity index is 1.76. The molecule has 0 bridgehead atoms. The number of nitrogens with one attached hydrogen (secondary N) is 2. The first-order valence-corrected chi connectivity index (χ1v) is 8.36. The van der Waals surface area contributed by atoms with Gasteiger partial charge >= 0.3 is 0 Å². The van der Waals surface area contributed by atoms with Gasteiger partial charge in [0.15, 0.2) is 0 Å². The number of aryl methyl sites for hydroxylation is 1. The van der Waals surface area contributed by atoms with Crippen LogP contribution in [0.4, 0.5) is 0 Å². The lowest BCUT2D eigenvalue weighted by Gasteiger charge is -2.07. The maximum atomic E-state index is 11.8. The lowest BCUT2D eigenvalue weighted by atomic mass is 10.1. The number of amides is 2. The molecule has 2 amide bonds. The van der Waals surface area contributed by atoms with Crippen molar-refractivity contribution in [1.29, 1.82) is 0 Å². The van der Waals surface area contributed by atoms with Crippen molar-refractivity contribution in [3.8, 4) is 0 Å². The third-order valence-corrected chi connectivity index (χ3v) is 4.35. The van der Waals surface area contributed by atoms with Gasteiger partial charge in [0.05, 0.1) is 5.75 Å². The first-order valence-electron chi connectivity index (χ1n) is 6.59. The van der Waals surface area contributed by atoms with Crippen LogP contribution < -0.4 is 10.9 Å². The van der Waals surface area contributed by atoms with Crippen molar-refractivity contribution < 1.29 is 9.59 Å². The minimum Gasteiger partial charge on any atom is -0.272 e. The van der Waals surface area contributed by atoms with Crippen molar-refractivity contribution >= 4 is 39.5 Å². The van der Waals surface area contributed by atoms with Crippen molar-refractivity contribution in [2.24, 2.45) is 0 Å². The molecule has 114 valence electrons. The van der Waals surface area contributed by atoms with Crippen LogP contribution in [0.15, 0.2) is 57.9 Å². The van der Waals surface area contributed by atoms with E-state index in [-0.39, 0.29) is 17.6 Å². The average molecular weight is 379 g/mol. The molecular weight excluding hydrogens is 364 g/mol. The summed E-state index contributed by atoms with van der Waals surface area (Å²) < 4.78 is 0.992. The van der Waals surface area contributed by atoms with Gasteiger partial charge in [0, 0.05) is 14.9 Å². The van der Waals surface area contributed by atoms with Crippen molar-refractivity contribution in [2.75, 3.05) is 5.75 Å². The van der Waals surface area contributed by atoms with E-state index in [0.717, 1.165) is 14.9 Å². The van der Waals surface area contributed by atoms with E-state index in [9.17, 15) is 9.59 Å². The highest BCUT2D eigenvalue weighted by molar-refractivity contribution is 9.10. The smallest absolute Gasteiger partial charge is 0.269 e. The molecule has 0 heterocycles. The highest BCUT2D eigenvalue weighted by Gasteiger charge is 2.07. The number of carbonyl (C=O) groups excluding carboxylic acids is 2. The number of thioether (sulfide) groups is 1. The van der Waals surface area contributed by atoms with E-state index >= 15 is 0 Å². The summed E-state index contributed by atoms with van der Waals surface area (Å²) >= 11 is 4.76. The SMILES string of the molecule is Cc1ccc(C(=O)NNC(=O)CSc2ccc(Br)cc2)cc1. The second-order valence-electron chi connectivity index (χ2n) is 4.61. The molecule has 2 N–H and O–H groups in total. The second kappa shape index (κ2) is 8.00. The van der Waals surface area contributed by atoms with E-state index in [0.29, 0.717) is 5.56 Å². The topological polar surface area (TPSA) is 58.2 Å². The van der Waals surface area contributed by atoms with Crippen LogP contribution in [-0.2, 0) is 4.79 Å². The van der Waals surface area contributed by atoms with Crippen LogP contribution in [0.25, 0.3) is 0 Å². The molecule has 2 aromatic rings. The predicted molar refractivity (Wildman–Crippen MR) is 91.7 cm³/mol. The summed E-state index contributed by atoms with van der Waals surface area (Å²) in [5.74, 6) is -0.356.